The number of aromatic amines is 1. The maximum atomic E-state index is 13.0. The van der Waals surface area contributed by atoms with E-state index in [2.05, 4.69) is 19.9 Å². The van der Waals surface area contributed by atoms with E-state index in [1.54, 1.807) is 18.6 Å². The van der Waals surface area contributed by atoms with Gasteiger partial charge < -0.3 is 4.98 Å². The van der Waals surface area contributed by atoms with Crippen molar-refractivity contribution in [1.29, 1.82) is 0 Å². The van der Waals surface area contributed by atoms with Crippen molar-refractivity contribution in [2.75, 3.05) is 13.1 Å². The largest absolute Gasteiger partial charge is 0.326 e. The van der Waals surface area contributed by atoms with Crippen molar-refractivity contribution >= 4 is 5.78 Å². The molecule has 2 aromatic heterocycles. The van der Waals surface area contributed by atoms with Crippen LogP contribution < -0.4 is 5.56 Å². The van der Waals surface area contributed by atoms with E-state index in [0.717, 1.165) is 42.6 Å². The van der Waals surface area contributed by atoms with Crippen LogP contribution in [0.2, 0.25) is 0 Å². The second-order valence-electron chi connectivity index (χ2n) is 7.46. The zero-order chi connectivity index (χ0) is 20.1. The number of rotatable bonds is 6. The summed E-state index contributed by atoms with van der Waals surface area (Å²) in [5.41, 5.74) is 3.54. The number of carbonyl (C=O) groups is 1. The lowest BCUT2D eigenvalue weighted by atomic mass is 9.87. The normalized spacial score (nSPS) is 15.3. The van der Waals surface area contributed by atoms with Crippen molar-refractivity contribution in [1.82, 2.24) is 19.9 Å². The molecule has 1 aromatic carbocycles. The van der Waals surface area contributed by atoms with E-state index < -0.39 is 0 Å². The van der Waals surface area contributed by atoms with Crippen molar-refractivity contribution in [2.45, 2.75) is 25.8 Å². The van der Waals surface area contributed by atoms with E-state index in [4.69, 9.17) is 0 Å². The fourth-order valence-electron chi connectivity index (χ4n) is 3.93. The lowest BCUT2D eigenvalue weighted by Crippen LogP contribution is -2.37. The highest BCUT2D eigenvalue weighted by atomic mass is 16.1. The molecule has 6 heteroatoms. The van der Waals surface area contributed by atoms with Crippen LogP contribution in [0.3, 0.4) is 0 Å². The predicted octanol–water partition coefficient (Wildman–Crippen LogP) is 2.86. The molecule has 0 bridgehead atoms. The van der Waals surface area contributed by atoms with Crippen molar-refractivity contribution in [3.63, 3.8) is 0 Å². The fourth-order valence-corrected chi connectivity index (χ4v) is 3.93. The summed E-state index contributed by atoms with van der Waals surface area (Å²) in [5, 5.41) is 0. The lowest BCUT2D eigenvalue weighted by Gasteiger charge is -2.30. The van der Waals surface area contributed by atoms with Crippen molar-refractivity contribution in [3.05, 3.63) is 82.8 Å². The second kappa shape index (κ2) is 8.92. The Morgan fingerprint density at radius 1 is 1.10 bits per heavy atom. The standard InChI is InChI=1S/C23H24N4O2/c28-22(14-18-4-1-2-6-20(18)19-5-3-9-24-15-19)17-7-12-27(13-8-17)16-21-23(29)26-11-10-25-21/h1-6,9-11,15,17H,7-8,12-14,16H2,(H,26,29). The molecule has 1 aliphatic rings. The van der Waals surface area contributed by atoms with Gasteiger partial charge >= 0.3 is 0 Å². The topological polar surface area (TPSA) is 79.0 Å². The first-order chi connectivity index (χ1) is 14.2. The van der Waals surface area contributed by atoms with E-state index in [0.29, 0.717) is 18.7 Å². The van der Waals surface area contributed by atoms with E-state index in [-0.39, 0.29) is 17.3 Å². The van der Waals surface area contributed by atoms with Gasteiger partial charge in [0.25, 0.3) is 5.56 Å². The number of piperidine rings is 1. The molecule has 0 atom stereocenters. The zero-order valence-corrected chi connectivity index (χ0v) is 16.3. The summed E-state index contributed by atoms with van der Waals surface area (Å²) in [7, 11) is 0. The lowest BCUT2D eigenvalue weighted by molar-refractivity contribution is -0.123. The van der Waals surface area contributed by atoms with Gasteiger partial charge in [-0.1, -0.05) is 30.3 Å². The third-order valence-corrected chi connectivity index (χ3v) is 5.55. The molecular formula is C23H24N4O2. The molecule has 0 spiro atoms. The van der Waals surface area contributed by atoms with Crippen LogP contribution in [0.4, 0.5) is 0 Å². The predicted molar refractivity (Wildman–Crippen MR) is 111 cm³/mol. The maximum absolute atomic E-state index is 13.0. The number of nitrogens with one attached hydrogen (secondary N) is 1. The monoisotopic (exact) mass is 388 g/mol. The van der Waals surface area contributed by atoms with Gasteiger partial charge in [0.15, 0.2) is 0 Å². The second-order valence-corrected chi connectivity index (χ2v) is 7.46. The zero-order valence-electron chi connectivity index (χ0n) is 16.3. The smallest absolute Gasteiger partial charge is 0.270 e. The molecule has 0 unspecified atom stereocenters. The number of aromatic nitrogens is 3. The first kappa shape index (κ1) is 19.2. The van der Waals surface area contributed by atoms with Crippen molar-refractivity contribution in [2.24, 2.45) is 5.92 Å². The number of H-pyrrole nitrogens is 1. The quantitative estimate of drug-likeness (QED) is 0.702. The molecule has 1 N–H and O–H groups in total. The van der Waals surface area contributed by atoms with Gasteiger partial charge in [-0.3, -0.25) is 24.5 Å². The van der Waals surface area contributed by atoms with Gasteiger partial charge in [0.05, 0.1) is 0 Å². The molecule has 3 heterocycles. The number of hydrogen-bond acceptors (Lipinski definition) is 5. The minimum Gasteiger partial charge on any atom is -0.326 e. The van der Waals surface area contributed by atoms with Crippen LogP contribution in [0.1, 0.15) is 24.1 Å². The van der Waals surface area contributed by atoms with Gasteiger partial charge in [0.1, 0.15) is 11.5 Å². The van der Waals surface area contributed by atoms with Crippen LogP contribution in [-0.4, -0.2) is 38.7 Å². The van der Waals surface area contributed by atoms with Crippen LogP contribution in [0.5, 0.6) is 0 Å². The summed E-state index contributed by atoms with van der Waals surface area (Å²) in [6, 6.07) is 12.0. The van der Waals surface area contributed by atoms with E-state index in [9.17, 15) is 9.59 Å². The number of nitrogens with zero attached hydrogens (tertiary/aromatic N) is 3. The Morgan fingerprint density at radius 3 is 2.69 bits per heavy atom. The molecule has 1 saturated heterocycles. The highest BCUT2D eigenvalue weighted by Crippen LogP contribution is 2.26. The van der Waals surface area contributed by atoms with Gasteiger partial charge in [0.2, 0.25) is 0 Å². The third kappa shape index (κ3) is 4.66. The molecule has 1 aliphatic heterocycles. The summed E-state index contributed by atoms with van der Waals surface area (Å²) in [4.78, 5) is 38.0. The molecule has 29 heavy (non-hydrogen) atoms. The molecule has 3 aromatic rings. The van der Waals surface area contributed by atoms with Crippen LogP contribution in [-0.2, 0) is 17.8 Å². The molecule has 0 saturated carbocycles. The number of ketones is 1. The van der Waals surface area contributed by atoms with Gasteiger partial charge in [-0.2, -0.15) is 0 Å². The summed E-state index contributed by atoms with van der Waals surface area (Å²) < 4.78 is 0. The Labute approximate surface area is 169 Å². The molecule has 4 rings (SSSR count). The van der Waals surface area contributed by atoms with E-state index in [1.165, 1.54) is 0 Å². The van der Waals surface area contributed by atoms with Crippen LogP contribution in [0, 0.1) is 5.92 Å². The molecule has 148 valence electrons. The SMILES string of the molecule is O=C(Cc1ccccc1-c1cccnc1)C1CCN(Cc2ncc[nH]c2=O)CC1. The number of pyridine rings is 1. The summed E-state index contributed by atoms with van der Waals surface area (Å²) in [6.45, 7) is 2.13. The summed E-state index contributed by atoms with van der Waals surface area (Å²) >= 11 is 0. The van der Waals surface area contributed by atoms with Crippen LogP contribution in [0.15, 0.2) is 66.0 Å². The average molecular weight is 388 g/mol. The highest BCUT2D eigenvalue weighted by Gasteiger charge is 2.26. The molecular weight excluding hydrogens is 364 g/mol. The minimum atomic E-state index is -0.141. The van der Waals surface area contributed by atoms with E-state index in [1.807, 2.05) is 42.6 Å². The Morgan fingerprint density at radius 2 is 1.93 bits per heavy atom. The first-order valence-corrected chi connectivity index (χ1v) is 9.96. The van der Waals surface area contributed by atoms with Crippen molar-refractivity contribution in [3.8, 4) is 11.1 Å². The maximum Gasteiger partial charge on any atom is 0.270 e. The minimum absolute atomic E-state index is 0.0650. The van der Waals surface area contributed by atoms with Gasteiger partial charge in [-0.25, -0.2) is 0 Å². The van der Waals surface area contributed by atoms with Crippen LogP contribution >= 0.6 is 0 Å². The summed E-state index contributed by atoms with van der Waals surface area (Å²) in [6.07, 6.45) is 8.81. The Balaban J connectivity index is 1.38. The molecule has 1 fully saturated rings. The number of Topliss-reactive ketones (excluding diaryl/α,β-unsaturated/α-hetero) is 1. The Hall–Kier alpha value is -3.12. The number of likely N-dealkylation sites (tertiary alicyclic amines) is 1. The average Bonchev–Trinajstić information content (AvgIpc) is 2.77. The van der Waals surface area contributed by atoms with Gasteiger partial charge in [-0.15, -0.1) is 0 Å². The molecule has 6 nitrogen and oxygen atoms in total. The van der Waals surface area contributed by atoms with Gasteiger partial charge in [0, 0.05) is 49.2 Å². The summed E-state index contributed by atoms with van der Waals surface area (Å²) in [5.74, 6) is 0.354. The van der Waals surface area contributed by atoms with Crippen molar-refractivity contribution < 1.29 is 4.79 Å². The number of benzene rings is 1. The van der Waals surface area contributed by atoms with Gasteiger partial charge in [-0.05, 0) is 43.1 Å². The van der Waals surface area contributed by atoms with E-state index >= 15 is 0 Å². The number of carbonyl (C=O) groups excluding carboxylic acids is 1. The molecule has 0 aliphatic carbocycles. The number of hydrogen-bond donors (Lipinski definition) is 1. The Kier molecular flexibility index (Phi) is 5.91. The molecule has 0 amide bonds. The molecule has 0 radical (unpaired) electrons. The highest BCUT2D eigenvalue weighted by molar-refractivity contribution is 5.85. The third-order valence-electron chi connectivity index (χ3n) is 5.55. The first-order valence-electron chi connectivity index (χ1n) is 9.96. The van der Waals surface area contributed by atoms with Crippen LogP contribution in [0.25, 0.3) is 11.1 Å². The fraction of sp³-hybridized carbons (Fsp3) is 0.304. The Bertz CT molecular complexity index is 1020.